The molecule has 1 heterocycles. The van der Waals surface area contributed by atoms with Gasteiger partial charge in [-0.05, 0) is 55.2 Å². The average Bonchev–Trinajstić information content (AvgIpc) is 2.26. The summed E-state index contributed by atoms with van der Waals surface area (Å²) in [5, 5.41) is 3.05. The van der Waals surface area contributed by atoms with Gasteiger partial charge in [-0.25, -0.2) is 0 Å². The summed E-state index contributed by atoms with van der Waals surface area (Å²) in [5.41, 5.74) is 2.37. The Bertz CT molecular complexity index is 440. The number of fused-ring (bicyclic) bond motifs is 1. The van der Waals surface area contributed by atoms with Gasteiger partial charge in [-0.1, -0.05) is 6.42 Å². The first kappa shape index (κ1) is 11.1. The highest BCUT2D eigenvalue weighted by atomic mass is 32.2. The van der Waals surface area contributed by atoms with Crippen molar-refractivity contribution in [1.29, 1.82) is 0 Å². The maximum atomic E-state index is 11.8. The zero-order valence-electron chi connectivity index (χ0n) is 9.87. The first-order chi connectivity index (χ1) is 8.33. The van der Waals surface area contributed by atoms with Crippen molar-refractivity contribution in [2.24, 2.45) is 5.92 Å². The number of aryl methyl sites for hydroxylation is 1. The van der Waals surface area contributed by atoms with E-state index in [0.29, 0.717) is 0 Å². The first-order valence-electron chi connectivity index (χ1n) is 6.39. The summed E-state index contributed by atoms with van der Waals surface area (Å²) >= 11 is 1.93. The van der Waals surface area contributed by atoms with E-state index in [1.54, 1.807) is 0 Å². The van der Waals surface area contributed by atoms with E-state index in [0.717, 1.165) is 24.9 Å². The molecule has 1 aliphatic carbocycles. The molecule has 0 unspecified atom stereocenters. The number of nitrogens with one attached hydrogen (secondary N) is 1. The molecule has 0 spiro atoms. The lowest BCUT2D eigenvalue weighted by Crippen LogP contribution is -2.28. The second-order valence-electron chi connectivity index (χ2n) is 4.89. The quantitative estimate of drug-likeness (QED) is 0.867. The number of carbonyl (C=O) groups excluding carboxylic acids is 1. The monoisotopic (exact) mass is 247 g/mol. The molecule has 1 saturated carbocycles. The molecule has 1 aliphatic heterocycles. The van der Waals surface area contributed by atoms with E-state index in [1.807, 2.05) is 17.8 Å². The lowest BCUT2D eigenvalue weighted by atomic mass is 9.85. The van der Waals surface area contributed by atoms with Gasteiger partial charge in [0.15, 0.2) is 0 Å². The summed E-state index contributed by atoms with van der Waals surface area (Å²) in [6, 6.07) is 6.33. The fourth-order valence-electron chi connectivity index (χ4n) is 2.35. The summed E-state index contributed by atoms with van der Waals surface area (Å²) in [4.78, 5) is 13.2. The fraction of sp³-hybridized carbons (Fsp3) is 0.500. The Balaban J connectivity index is 1.72. The predicted molar refractivity (Wildman–Crippen MR) is 71.5 cm³/mol. The lowest BCUT2D eigenvalue weighted by molar-refractivity contribution is -0.122. The van der Waals surface area contributed by atoms with Gasteiger partial charge in [0.2, 0.25) is 5.91 Å². The van der Waals surface area contributed by atoms with Gasteiger partial charge in [0.1, 0.15) is 0 Å². The zero-order chi connectivity index (χ0) is 11.7. The third kappa shape index (κ3) is 2.34. The third-order valence-electron chi connectivity index (χ3n) is 3.65. The van der Waals surface area contributed by atoms with Crippen molar-refractivity contribution in [3.63, 3.8) is 0 Å². The highest BCUT2D eigenvalue weighted by Crippen LogP contribution is 2.32. The normalized spacial score (nSPS) is 19.3. The molecule has 1 aromatic carbocycles. The van der Waals surface area contributed by atoms with E-state index in [1.165, 1.54) is 29.1 Å². The van der Waals surface area contributed by atoms with Crippen molar-refractivity contribution < 1.29 is 4.79 Å². The van der Waals surface area contributed by atoms with Crippen molar-refractivity contribution in [2.75, 3.05) is 11.1 Å². The fourth-order valence-corrected chi connectivity index (χ4v) is 3.37. The highest BCUT2D eigenvalue weighted by molar-refractivity contribution is 7.99. The molecule has 1 aromatic rings. The maximum Gasteiger partial charge on any atom is 0.227 e. The second-order valence-corrected chi connectivity index (χ2v) is 6.03. The summed E-state index contributed by atoms with van der Waals surface area (Å²) in [6.07, 6.45) is 5.73. The molecule has 0 radical (unpaired) electrons. The summed E-state index contributed by atoms with van der Waals surface area (Å²) in [5.74, 6) is 1.70. The van der Waals surface area contributed by atoms with Gasteiger partial charge in [0.25, 0.3) is 0 Å². The molecule has 17 heavy (non-hydrogen) atoms. The van der Waals surface area contributed by atoms with Gasteiger partial charge >= 0.3 is 0 Å². The molecular formula is C14H17NOS. The number of thioether (sulfide) groups is 1. The Morgan fingerprint density at radius 2 is 2.18 bits per heavy atom. The standard InChI is InChI=1S/C14H17NOS/c16-14(10-3-1-4-10)15-12-6-7-13-11(9-12)5-2-8-17-13/h6-7,9-10H,1-5,8H2,(H,15,16). The second kappa shape index (κ2) is 4.73. The minimum absolute atomic E-state index is 0.208. The van der Waals surface area contributed by atoms with Crippen LogP contribution in [0.5, 0.6) is 0 Å². The van der Waals surface area contributed by atoms with Crippen LogP contribution in [0.2, 0.25) is 0 Å². The number of hydrogen-bond acceptors (Lipinski definition) is 2. The highest BCUT2D eigenvalue weighted by Gasteiger charge is 2.25. The zero-order valence-corrected chi connectivity index (χ0v) is 10.7. The van der Waals surface area contributed by atoms with Gasteiger partial charge in [0, 0.05) is 16.5 Å². The Labute approximate surface area is 106 Å². The molecule has 3 rings (SSSR count). The van der Waals surface area contributed by atoms with Crippen LogP contribution >= 0.6 is 11.8 Å². The molecule has 0 aromatic heterocycles. The molecule has 3 heteroatoms. The van der Waals surface area contributed by atoms with E-state index in [2.05, 4.69) is 17.4 Å². The van der Waals surface area contributed by atoms with Crippen LogP contribution in [-0.4, -0.2) is 11.7 Å². The largest absolute Gasteiger partial charge is 0.326 e. The molecule has 0 saturated heterocycles. The van der Waals surface area contributed by atoms with Gasteiger partial charge in [0.05, 0.1) is 0 Å². The topological polar surface area (TPSA) is 29.1 Å². The molecule has 2 nitrogen and oxygen atoms in total. The molecule has 1 N–H and O–H groups in total. The van der Waals surface area contributed by atoms with Crippen LogP contribution in [-0.2, 0) is 11.2 Å². The number of anilines is 1. The first-order valence-corrected chi connectivity index (χ1v) is 7.38. The summed E-state index contributed by atoms with van der Waals surface area (Å²) in [7, 11) is 0. The minimum atomic E-state index is 0.208. The van der Waals surface area contributed by atoms with Crippen LogP contribution in [0.3, 0.4) is 0 Å². The van der Waals surface area contributed by atoms with Crippen LogP contribution in [0.25, 0.3) is 0 Å². The number of hydrogen-bond donors (Lipinski definition) is 1. The minimum Gasteiger partial charge on any atom is -0.326 e. The van der Waals surface area contributed by atoms with E-state index < -0.39 is 0 Å². The van der Waals surface area contributed by atoms with Crippen LogP contribution < -0.4 is 5.32 Å². The van der Waals surface area contributed by atoms with E-state index in [4.69, 9.17) is 0 Å². The van der Waals surface area contributed by atoms with Crippen LogP contribution in [0, 0.1) is 5.92 Å². The van der Waals surface area contributed by atoms with Gasteiger partial charge < -0.3 is 5.32 Å². The van der Waals surface area contributed by atoms with Crippen LogP contribution in [0.4, 0.5) is 5.69 Å². The van der Waals surface area contributed by atoms with E-state index in [-0.39, 0.29) is 11.8 Å². The smallest absolute Gasteiger partial charge is 0.227 e. The lowest BCUT2D eigenvalue weighted by Gasteiger charge is -2.24. The van der Waals surface area contributed by atoms with Crippen molar-refractivity contribution in [2.45, 2.75) is 37.0 Å². The molecule has 0 atom stereocenters. The number of benzene rings is 1. The average molecular weight is 247 g/mol. The van der Waals surface area contributed by atoms with Crippen LogP contribution in [0.15, 0.2) is 23.1 Å². The molecule has 0 bridgehead atoms. The van der Waals surface area contributed by atoms with Gasteiger partial charge in [-0.15, -0.1) is 11.8 Å². The number of rotatable bonds is 2. The summed E-state index contributed by atoms with van der Waals surface area (Å²) in [6.45, 7) is 0. The third-order valence-corrected chi connectivity index (χ3v) is 4.85. The molecular weight excluding hydrogens is 230 g/mol. The van der Waals surface area contributed by atoms with Gasteiger partial charge in [-0.2, -0.15) is 0 Å². The Kier molecular flexibility index (Phi) is 3.10. The van der Waals surface area contributed by atoms with Crippen molar-refractivity contribution in [3.05, 3.63) is 23.8 Å². The predicted octanol–water partition coefficient (Wildman–Crippen LogP) is 3.46. The molecule has 1 fully saturated rings. The molecule has 2 aliphatic rings. The Hall–Kier alpha value is -0.960. The van der Waals surface area contributed by atoms with E-state index in [9.17, 15) is 4.79 Å². The maximum absolute atomic E-state index is 11.8. The number of amides is 1. The number of carbonyl (C=O) groups is 1. The Morgan fingerprint density at radius 3 is 2.94 bits per heavy atom. The van der Waals surface area contributed by atoms with Crippen molar-refractivity contribution >= 4 is 23.4 Å². The molecule has 1 amide bonds. The summed E-state index contributed by atoms with van der Waals surface area (Å²) < 4.78 is 0. The van der Waals surface area contributed by atoms with Gasteiger partial charge in [-0.3, -0.25) is 4.79 Å². The van der Waals surface area contributed by atoms with Crippen molar-refractivity contribution in [1.82, 2.24) is 0 Å². The SMILES string of the molecule is O=C(Nc1ccc2c(c1)CCCS2)C1CCC1. The molecule has 90 valence electrons. The van der Waals surface area contributed by atoms with Crippen molar-refractivity contribution in [3.8, 4) is 0 Å². The Morgan fingerprint density at radius 1 is 1.29 bits per heavy atom. The van der Waals surface area contributed by atoms with Crippen LogP contribution in [0.1, 0.15) is 31.2 Å². The van der Waals surface area contributed by atoms with E-state index >= 15 is 0 Å².